The van der Waals surface area contributed by atoms with Gasteiger partial charge >= 0.3 is 0 Å². The van der Waals surface area contributed by atoms with E-state index in [0.717, 1.165) is 47.6 Å². The Bertz CT molecular complexity index is 1140. The first-order chi connectivity index (χ1) is 14.5. The van der Waals surface area contributed by atoms with Gasteiger partial charge in [-0.15, -0.1) is 0 Å². The van der Waals surface area contributed by atoms with Crippen molar-refractivity contribution in [2.75, 3.05) is 19.6 Å². The minimum atomic E-state index is -0.970. The zero-order valence-electron chi connectivity index (χ0n) is 17.0. The van der Waals surface area contributed by atoms with E-state index in [2.05, 4.69) is 9.88 Å². The lowest BCUT2D eigenvalue weighted by Gasteiger charge is -2.56. The first-order valence-corrected chi connectivity index (χ1v) is 11.0. The maximum atomic E-state index is 14.5. The number of hydrogen-bond acceptors (Lipinski definition) is 3. The van der Waals surface area contributed by atoms with Gasteiger partial charge in [0.25, 0.3) is 0 Å². The van der Waals surface area contributed by atoms with Crippen LogP contribution in [0.15, 0.2) is 42.5 Å². The van der Waals surface area contributed by atoms with Crippen molar-refractivity contribution in [2.24, 2.45) is 5.92 Å². The number of aromatic nitrogens is 1. The normalized spacial score (nSPS) is 29.0. The summed E-state index contributed by atoms with van der Waals surface area (Å²) in [6.07, 6.45) is 4.50. The SMILES string of the molecule is Oc1cccc([C@@]23CCN(CC4CC4)C[C@@]2(O)Cc2c([nH]c4c(F)cccc24)C3)c1. The molecule has 0 unspecified atom stereocenters. The maximum Gasteiger partial charge on any atom is 0.147 e. The highest BCUT2D eigenvalue weighted by atomic mass is 19.1. The number of aromatic hydroxyl groups is 1. The first kappa shape index (κ1) is 18.4. The Balaban J connectivity index is 1.50. The van der Waals surface area contributed by atoms with Crippen LogP contribution < -0.4 is 0 Å². The van der Waals surface area contributed by atoms with Crippen molar-refractivity contribution in [3.8, 4) is 5.75 Å². The molecule has 3 aliphatic rings. The Hall–Kier alpha value is -2.37. The molecule has 5 heteroatoms. The fraction of sp³-hybridized carbons (Fsp3) is 0.440. The van der Waals surface area contributed by atoms with Crippen molar-refractivity contribution in [3.05, 3.63) is 65.1 Å². The van der Waals surface area contributed by atoms with Crippen LogP contribution in [0.2, 0.25) is 0 Å². The molecule has 2 aliphatic carbocycles. The molecule has 30 heavy (non-hydrogen) atoms. The molecule has 1 saturated carbocycles. The van der Waals surface area contributed by atoms with Gasteiger partial charge in [0, 0.05) is 42.4 Å². The van der Waals surface area contributed by atoms with Crippen LogP contribution in [-0.4, -0.2) is 45.3 Å². The summed E-state index contributed by atoms with van der Waals surface area (Å²) >= 11 is 0. The molecule has 1 saturated heterocycles. The summed E-state index contributed by atoms with van der Waals surface area (Å²) in [6, 6.07) is 12.5. The van der Waals surface area contributed by atoms with E-state index in [1.165, 1.54) is 18.9 Å². The summed E-state index contributed by atoms with van der Waals surface area (Å²) in [5, 5.41) is 23.3. The number of rotatable bonds is 3. The number of benzene rings is 2. The molecular formula is C25H27FN2O2. The highest BCUT2D eigenvalue weighted by Gasteiger charge is 2.57. The van der Waals surface area contributed by atoms with Crippen molar-refractivity contribution < 1.29 is 14.6 Å². The molecule has 2 atom stereocenters. The standard InChI is InChI=1S/C25H27FN2O2/c26-21-6-2-5-19-20-12-25(30)15-28(14-16-7-8-16)10-9-24(25,13-22(20)27-23(19)21)17-3-1-4-18(29)11-17/h1-6,11,16,27,29-30H,7-10,12-15H2/t24-,25-/m0/s1. The lowest BCUT2D eigenvalue weighted by molar-refractivity contribution is -0.103. The Morgan fingerprint density at radius 3 is 2.77 bits per heavy atom. The molecule has 4 nitrogen and oxygen atoms in total. The van der Waals surface area contributed by atoms with Crippen molar-refractivity contribution in [2.45, 2.75) is 43.1 Å². The second-order valence-electron chi connectivity index (χ2n) is 9.69. The van der Waals surface area contributed by atoms with Gasteiger partial charge in [0.1, 0.15) is 11.6 Å². The number of β-amino-alcohol motifs (C(OH)–C–C–N with tert-alkyl or cyclic N) is 1. The minimum Gasteiger partial charge on any atom is -0.508 e. The Kier molecular flexibility index (Phi) is 3.87. The molecule has 1 aromatic heterocycles. The molecule has 2 fully saturated rings. The second-order valence-corrected chi connectivity index (χ2v) is 9.69. The van der Waals surface area contributed by atoms with Gasteiger partial charge < -0.3 is 20.1 Å². The molecule has 0 amide bonds. The monoisotopic (exact) mass is 406 g/mol. The number of fused-ring (bicyclic) bond motifs is 4. The largest absolute Gasteiger partial charge is 0.508 e. The van der Waals surface area contributed by atoms with Gasteiger partial charge in [-0.1, -0.05) is 24.3 Å². The Morgan fingerprint density at radius 1 is 1.13 bits per heavy atom. The predicted molar refractivity (Wildman–Crippen MR) is 114 cm³/mol. The number of piperidine rings is 1. The summed E-state index contributed by atoms with van der Waals surface area (Å²) in [6.45, 7) is 2.59. The van der Waals surface area contributed by atoms with E-state index in [-0.39, 0.29) is 11.6 Å². The van der Waals surface area contributed by atoms with E-state index in [9.17, 15) is 14.6 Å². The molecule has 2 aromatic carbocycles. The number of nitrogens with zero attached hydrogens (tertiary/aromatic N) is 1. The van der Waals surface area contributed by atoms with Crippen LogP contribution in [0.3, 0.4) is 0 Å². The van der Waals surface area contributed by atoms with E-state index < -0.39 is 11.0 Å². The number of para-hydroxylation sites is 1. The van der Waals surface area contributed by atoms with Crippen LogP contribution >= 0.6 is 0 Å². The number of nitrogens with one attached hydrogen (secondary N) is 1. The fourth-order valence-electron chi connectivity index (χ4n) is 6.04. The highest BCUT2D eigenvalue weighted by molar-refractivity contribution is 5.86. The number of phenols is 1. The first-order valence-electron chi connectivity index (χ1n) is 11.0. The van der Waals surface area contributed by atoms with E-state index in [1.54, 1.807) is 18.2 Å². The van der Waals surface area contributed by atoms with Gasteiger partial charge in [-0.05, 0) is 61.1 Å². The lowest BCUT2D eigenvalue weighted by Crippen LogP contribution is -2.66. The number of hydrogen-bond donors (Lipinski definition) is 3. The summed E-state index contributed by atoms with van der Waals surface area (Å²) in [5.74, 6) is 0.736. The van der Waals surface area contributed by atoms with Gasteiger partial charge in [0.05, 0.1) is 11.1 Å². The molecule has 3 aromatic rings. The van der Waals surface area contributed by atoms with Crippen LogP contribution in [0, 0.1) is 11.7 Å². The van der Waals surface area contributed by atoms with Gasteiger partial charge in [-0.2, -0.15) is 0 Å². The molecule has 1 aliphatic heterocycles. The maximum absolute atomic E-state index is 14.5. The van der Waals surface area contributed by atoms with E-state index in [4.69, 9.17) is 0 Å². The quantitative estimate of drug-likeness (QED) is 0.618. The molecule has 2 heterocycles. The van der Waals surface area contributed by atoms with Crippen molar-refractivity contribution in [1.82, 2.24) is 9.88 Å². The van der Waals surface area contributed by atoms with Crippen LogP contribution in [-0.2, 0) is 18.3 Å². The summed E-state index contributed by atoms with van der Waals surface area (Å²) < 4.78 is 14.5. The average Bonchev–Trinajstić information content (AvgIpc) is 3.46. The number of halogens is 1. The zero-order valence-corrected chi connectivity index (χ0v) is 17.0. The zero-order chi connectivity index (χ0) is 20.5. The highest BCUT2D eigenvalue weighted by Crippen LogP contribution is 2.52. The van der Waals surface area contributed by atoms with Crippen LogP contribution in [0.5, 0.6) is 5.75 Å². The number of phenolic OH excluding ortho intramolecular Hbond substituents is 1. The topological polar surface area (TPSA) is 59.5 Å². The van der Waals surface area contributed by atoms with Crippen LogP contribution in [0.25, 0.3) is 10.9 Å². The number of likely N-dealkylation sites (tertiary alicyclic amines) is 1. The molecule has 0 radical (unpaired) electrons. The fourth-order valence-corrected chi connectivity index (χ4v) is 6.04. The number of H-pyrrole nitrogens is 1. The second kappa shape index (κ2) is 6.32. The predicted octanol–water partition coefficient (Wildman–Crippen LogP) is 3.90. The van der Waals surface area contributed by atoms with Crippen LogP contribution in [0.1, 0.15) is 36.1 Å². The van der Waals surface area contributed by atoms with Crippen LogP contribution in [0.4, 0.5) is 4.39 Å². The summed E-state index contributed by atoms with van der Waals surface area (Å²) in [4.78, 5) is 5.75. The van der Waals surface area contributed by atoms with Gasteiger partial charge in [0.15, 0.2) is 0 Å². The molecule has 0 bridgehead atoms. The average molecular weight is 407 g/mol. The van der Waals surface area contributed by atoms with E-state index >= 15 is 0 Å². The van der Waals surface area contributed by atoms with Crippen molar-refractivity contribution >= 4 is 10.9 Å². The molecule has 156 valence electrons. The number of aromatic amines is 1. The van der Waals surface area contributed by atoms with E-state index in [0.29, 0.717) is 24.9 Å². The van der Waals surface area contributed by atoms with Crippen molar-refractivity contribution in [3.63, 3.8) is 0 Å². The smallest absolute Gasteiger partial charge is 0.147 e. The Labute approximate surface area is 175 Å². The third kappa shape index (κ3) is 2.65. The summed E-state index contributed by atoms with van der Waals surface area (Å²) in [5.41, 5.74) is 2.08. The van der Waals surface area contributed by atoms with E-state index in [1.807, 2.05) is 18.2 Å². The van der Waals surface area contributed by atoms with Gasteiger partial charge in [-0.3, -0.25) is 0 Å². The molecular weight excluding hydrogens is 379 g/mol. The third-order valence-corrected chi connectivity index (χ3v) is 7.77. The van der Waals surface area contributed by atoms with Crippen molar-refractivity contribution in [1.29, 1.82) is 0 Å². The number of aliphatic hydroxyl groups is 1. The molecule has 3 N–H and O–H groups in total. The third-order valence-electron chi connectivity index (χ3n) is 7.77. The molecule has 0 spiro atoms. The van der Waals surface area contributed by atoms with Gasteiger partial charge in [-0.25, -0.2) is 4.39 Å². The lowest BCUT2D eigenvalue weighted by atomic mass is 9.56. The van der Waals surface area contributed by atoms with Gasteiger partial charge in [0.2, 0.25) is 0 Å². The Morgan fingerprint density at radius 2 is 1.97 bits per heavy atom. The minimum absolute atomic E-state index is 0.220. The summed E-state index contributed by atoms with van der Waals surface area (Å²) in [7, 11) is 0. The molecule has 6 rings (SSSR count).